The number of ketones is 1. The van der Waals surface area contributed by atoms with Gasteiger partial charge in [0.05, 0.1) is 0 Å². The third kappa shape index (κ3) is 11.6. The van der Waals surface area contributed by atoms with Gasteiger partial charge in [0, 0.05) is 0 Å². The van der Waals surface area contributed by atoms with Crippen molar-refractivity contribution in [2.75, 3.05) is 0 Å². The van der Waals surface area contributed by atoms with Crippen LogP contribution in [-0.4, -0.2) is 5.78 Å². The Labute approximate surface area is 143 Å². The molecule has 1 aromatic rings. The van der Waals surface area contributed by atoms with Crippen molar-refractivity contribution in [1.29, 1.82) is 0 Å². The molecule has 0 bridgehead atoms. The highest BCUT2D eigenvalue weighted by molar-refractivity contribution is 5.86. The van der Waals surface area contributed by atoms with Gasteiger partial charge in [-0.15, -0.1) is 6.58 Å². The topological polar surface area (TPSA) is 17.1 Å². The van der Waals surface area contributed by atoms with Crippen LogP contribution in [-0.2, 0) is 4.79 Å². The summed E-state index contributed by atoms with van der Waals surface area (Å²) < 4.78 is 0. The van der Waals surface area contributed by atoms with E-state index in [-0.39, 0.29) is 5.78 Å². The molecule has 0 amide bonds. The highest BCUT2D eigenvalue weighted by atomic mass is 16.1. The summed E-state index contributed by atoms with van der Waals surface area (Å²) in [5.41, 5.74) is 2.01. The maximum absolute atomic E-state index is 9.69. The summed E-state index contributed by atoms with van der Waals surface area (Å²) in [5.74, 6) is 0.492. The molecule has 0 heterocycles. The number of allylic oxidation sites excluding steroid dienone is 2. The first-order valence-electron chi connectivity index (χ1n) is 8.63. The Balaban J connectivity index is 0.000000335. The minimum Gasteiger partial charge on any atom is -0.295 e. The second-order valence-corrected chi connectivity index (χ2v) is 6.97. The molecule has 0 N–H and O–H groups in total. The van der Waals surface area contributed by atoms with Gasteiger partial charge < -0.3 is 0 Å². The maximum atomic E-state index is 9.69. The molecular formula is C22H34O. The third-order valence-corrected chi connectivity index (χ3v) is 4.17. The lowest BCUT2D eigenvalue weighted by Gasteiger charge is -2.28. The molecule has 2 rings (SSSR count). The van der Waals surface area contributed by atoms with E-state index in [1.54, 1.807) is 0 Å². The van der Waals surface area contributed by atoms with Crippen LogP contribution in [0.1, 0.15) is 71.3 Å². The van der Waals surface area contributed by atoms with E-state index in [1.165, 1.54) is 50.7 Å². The molecule has 0 aromatic heterocycles. The average molecular weight is 315 g/mol. The molecule has 1 unspecified atom stereocenters. The Morgan fingerprint density at radius 3 is 1.87 bits per heavy atom. The van der Waals surface area contributed by atoms with Crippen molar-refractivity contribution in [3.8, 4) is 0 Å². The molecule has 1 nitrogen and oxygen atoms in total. The van der Waals surface area contributed by atoms with Gasteiger partial charge in [-0.05, 0) is 42.7 Å². The minimum absolute atomic E-state index is 0.0185. The lowest BCUT2D eigenvalue weighted by Crippen LogP contribution is -2.14. The van der Waals surface area contributed by atoms with Crippen LogP contribution >= 0.6 is 0 Å². The number of carbonyl (C=O) groups is 1. The first-order valence-corrected chi connectivity index (χ1v) is 8.63. The van der Waals surface area contributed by atoms with Crippen molar-refractivity contribution in [2.45, 2.75) is 65.7 Å². The zero-order chi connectivity index (χ0) is 17.7. The van der Waals surface area contributed by atoms with Gasteiger partial charge in [-0.25, -0.2) is 0 Å². The summed E-state index contributed by atoms with van der Waals surface area (Å²) in [6, 6.07) is 10.4. The van der Waals surface area contributed by atoms with E-state index in [2.05, 4.69) is 58.2 Å². The number of benzene rings is 1. The molecule has 1 aliphatic rings. The van der Waals surface area contributed by atoms with Crippen molar-refractivity contribution >= 4 is 5.78 Å². The zero-order valence-corrected chi connectivity index (χ0v) is 15.5. The van der Waals surface area contributed by atoms with Crippen LogP contribution in [0.3, 0.4) is 0 Å². The zero-order valence-electron chi connectivity index (χ0n) is 15.5. The van der Waals surface area contributed by atoms with E-state index >= 15 is 0 Å². The standard InChI is InChI=1S/C10H12.C8H16.C4H6O/c1-3-9(2)10-7-5-4-6-8-10;1-8(2)6-4-3-5-7-8;1-3-4(2)5/h3-9H,1H2,2H3;3-7H2,1-2H3;3H,1H2,2H3. The first kappa shape index (κ1) is 21.4. The van der Waals surface area contributed by atoms with E-state index in [9.17, 15) is 4.79 Å². The quantitative estimate of drug-likeness (QED) is 0.447. The Kier molecular flexibility index (Phi) is 11.0. The summed E-state index contributed by atoms with van der Waals surface area (Å²) in [7, 11) is 0. The summed E-state index contributed by atoms with van der Waals surface area (Å²) >= 11 is 0. The van der Waals surface area contributed by atoms with E-state index in [1.807, 2.05) is 12.1 Å². The molecule has 0 saturated heterocycles. The molecule has 23 heavy (non-hydrogen) atoms. The van der Waals surface area contributed by atoms with Crippen molar-refractivity contribution < 1.29 is 4.79 Å². The molecule has 1 aliphatic carbocycles. The summed E-state index contributed by atoms with van der Waals surface area (Å²) in [4.78, 5) is 9.69. The normalized spacial score (nSPS) is 16.5. The van der Waals surface area contributed by atoms with Crippen LogP contribution in [0.4, 0.5) is 0 Å². The molecule has 128 valence electrons. The number of hydrogen-bond acceptors (Lipinski definition) is 1. The molecule has 0 spiro atoms. The van der Waals surface area contributed by atoms with E-state index in [0.717, 1.165) is 0 Å². The molecule has 0 radical (unpaired) electrons. The number of rotatable bonds is 3. The van der Waals surface area contributed by atoms with Crippen LogP contribution in [0.25, 0.3) is 0 Å². The Morgan fingerprint density at radius 2 is 1.57 bits per heavy atom. The van der Waals surface area contributed by atoms with Crippen LogP contribution in [0.15, 0.2) is 55.6 Å². The predicted molar refractivity (Wildman–Crippen MR) is 103 cm³/mol. The monoisotopic (exact) mass is 314 g/mol. The number of hydrogen-bond donors (Lipinski definition) is 0. The number of carbonyl (C=O) groups excluding carboxylic acids is 1. The van der Waals surface area contributed by atoms with Crippen molar-refractivity contribution in [3.63, 3.8) is 0 Å². The molecule has 1 heteroatoms. The maximum Gasteiger partial charge on any atom is 0.152 e. The molecule has 1 aromatic carbocycles. The highest BCUT2D eigenvalue weighted by Gasteiger charge is 2.19. The lowest BCUT2D eigenvalue weighted by molar-refractivity contribution is -0.112. The molecule has 0 aliphatic heterocycles. The molecule has 1 atom stereocenters. The van der Waals surface area contributed by atoms with Gasteiger partial charge in [-0.2, -0.15) is 0 Å². The molecule has 1 saturated carbocycles. The van der Waals surface area contributed by atoms with Crippen LogP contribution in [0.2, 0.25) is 0 Å². The summed E-state index contributed by atoms with van der Waals surface area (Å²) in [6.07, 6.45) is 10.5. The highest BCUT2D eigenvalue weighted by Crippen LogP contribution is 2.34. The van der Waals surface area contributed by atoms with E-state index in [4.69, 9.17) is 0 Å². The second kappa shape index (κ2) is 11.9. The summed E-state index contributed by atoms with van der Waals surface area (Å²) in [5, 5.41) is 0. The van der Waals surface area contributed by atoms with Gasteiger partial charge in [0.2, 0.25) is 0 Å². The summed E-state index contributed by atoms with van der Waals surface area (Å²) in [6.45, 7) is 15.3. The van der Waals surface area contributed by atoms with Gasteiger partial charge in [-0.1, -0.05) is 83.0 Å². The van der Waals surface area contributed by atoms with Gasteiger partial charge in [0.15, 0.2) is 5.78 Å². The fraction of sp³-hybridized carbons (Fsp3) is 0.500. The van der Waals surface area contributed by atoms with Crippen molar-refractivity contribution in [2.24, 2.45) is 5.41 Å². The van der Waals surface area contributed by atoms with E-state index < -0.39 is 0 Å². The minimum atomic E-state index is 0.0185. The van der Waals surface area contributed by atoms with Crippen molar-refractivity contribution in [1.82, 2.24) is 0 Å². The smallest absolute Gasteiger partial charge is 0.152 e. The van der Waals surface area contributed by atoms with Crippen molar-refractivity contribution in [3.05, 3.63) is 61.2 Å². The van der Waals surface area contributed by atoms with E-state index in [0.29, 0.717) is 11.3 Å². The van der Waals surface area contributed by atoms with Crippen LogP contribution in [0, 0.1) is 5.41 Å². The third-order valence-electron chi connectivity index (χ3n) is 4.17. The lowest BCUT2D eigenvalue weighted by atomic mass is 9.78. The Bertz CT molecular complexity index is 448. The largest absolute Gasteiger partial charge is 0.295 e. The average Bonchev–Trinajstić information content (AvgIpc) is 2.55. The SMILES string of the molecule is C=CC(C)=O.C=CC(C)c1ccccc1.CC1(C)CCCCC1. The van der Waals surface area contributed by atoms with Gasteiger partial charge in [0.25, 0.3) is 0 Å². The first-order chi connectivity index (χ1) is 10.8. The van der Waals surface area contributed by atoms with Gasteiger partial charge in [-0.3, -0.25) is 4.79 Å². The predicted octanol–water partition coefficient (Wildman–Crippen LogP) is 6.71. The van der Waals surface area contributed by atoms with Crippen LogP contribution in [0.5, 0.6) is 0 Å². The molecular weight excluding hydrogens is 280 g/mol. The Hall–Kier alpha value is -1.63. The van der Waals surface area contributed by atoms with Crippen LogP contribution < -0.4 is 0 Å². The Morgan fingerprint density at radius 1 is 1.09 bits per heavy atom. The van der Waals surface area contributed by atoms with Gasteiger partial charge in [0.1, 0.15) is 0 Å². The van der Waals surface area contributed by atoms with Gasteiger partial charge >= 0.3 is 0 Å². The fourth-order valence-electron chi connectivity index (χ4n) is 2.40. The molecule has 1 fully saturated rings. The fourth-order valence-corrected chi connectivity index (χ4v) is 2.40. The second-order valence-electron chi connectivity index (χ2n) is 6.97.